The highest BCUT2D eigenvalue weighted by Crippen LogP contribution is 2.25. The molecule has 1 aromatic heterocycles. The van der Waals surface area contributed by atoms with Crippen molar-refractivity contribution < 1.29 is 22.7 Å². The second kappa shape index (κ2) is 5.27. The van der Waals surface area contributed by atoms with Crippen LogP contribution >= 0.6 is 11.3 Å². The van der Waals surface area contributed by atoms with Gasteiger partial charge in [0.25, 0.3) is 0 Å². The quantitative estimate of drug-likeness (QED) is 0.696. The molecular weight excluding hydrogens is 281 g/mol. The van der Waals surface area contributed by atoms with E-state index in [0.29, 0.717) is 0 Å². The van der Waals surface area contributed by atoms with E-state index in [-0.39, 0.29) is 16.5 Å². The lowest BCUT2D eigenvalue weighted by atomic mass is 10.3. The number of hydrogen-bond acceptors (Lipinski definition) is 5. The van der Waals surface area contributed by atoms with Gasteiger partial charge in [-0.2, -0.15) is 0 Å². The van der Waals surface area contributed by atoms with E-state index in [0.717, 1.165) is 23.5 Å². The number of benzene rings is 1. The number of nitrogens with one attached hydrogen (secondary N) is 1. The molecule has 0 unspecified atom stereocenters. The number of thiazole rings is 1. The van der Waals surface area contributed by atoms with Crippen LogP contribution in [-0.2, 0) is 4.74 Å². The summed E-state index contributed by atoms with van der Waals surface area (Å²) in [5.41, 5.74) is -0.234. The van der Waals surface area contributed by atoms with Gasteiger partial charge in [0.2, 0.25) is 0 Å². The van der Waals surface area contributed by atoms with Crippen LogP contribution in [0.5, 0.6) is 0 Å². The van der Waals surface area contributed by atoms with Gasteiger partial charge >= 0.3 is 5.97 Å². The van der Waals surface area contributed by atoms with Crippen LogP contribution < -0.4 is 5.32 Å². The first kappa shape index (κ1) is 13.3. The summed E-state index contributed by atoms with van der Waals surface area (Å²) < 4.78 is 43.6. The SMILES string of the molecule is COC(=O)c1csc(Nc2ccc(F)c(F)c2F)n1. The number of rotatable bonds is 3. The maximum atomic E-state index is 13.4. The molecule has 0 atom stereocenters. The summed E-state index contributed by atoms with van der Waals surface area (Å²) in [6.45, 7) is 0. The summed E-state index contributed by atoms with van der Waals surface area (Å²) in [5.74, 6) is -4.85. The Bertz CT molecular complexity index is 630. The lowest BCUT2D eigenvalue weighted by molar-refractivity contribution is 0.0595. The summed E-state index contributed by atoms with van der Waals surface area (Å²) >= 11 is 1.00. The van der Waals surface area contributed by atoms with Crippen molar-refractivity contribution in [2.24, 2.45) is 0 Å². The molecule has 0 amide bonds. The van der Waals surface area contributed by atoms with Gasteiger partial charge in [-0.3, -0.25) is 0 Å². The average molecular weight is 288 g/mol. The Kier molecular flexibility index (Phi) is 3.70. The molecule has 1 N–H and O–H groups in total. The normalized spacial score (nSPS) is 10.3. The van der Waals surface area contributed by atoms with Crippen LogP contribution in [0.15, 0.2) is 17.5 Å². The highest BCUT2D eigenvalue weighted by molar-refractivity contribution is 7.14. The number of hydrogen-bond donors (Lipinski definition) is 1. The first-order chi connectivity index (χ1) is 9.02. The number of carbonyl (C=O) groups excluding carboxylic acids is 1. The number of aromatic nitrogens is 1. The molecule has 0 aliphatic rings. The Morgan fingerprint density at radius 1 is 1.32 bits per heavy atom. The molecule has 0 fully saturated rings. The summed E-state index contributed by atoms with van der Waals surface area (Å²) in [4.78, 5) is 15.0. The van der Waals surface area contributed by atoms with Crippen LogP contribution in [0.1, 0.15) is 10.5 Å². The second-order valence-corrected chi connectivity index (χ2v) is 4.24. The number of carbonyl (C=O) groups is 1. The van der Waals surface area contributed by atoms with Crippen LogP contribution in [0.4, 0.5) is 24.0 Å². The van der Waals surface area contributed by atoms with Gasteiger partial charge in [-0.1, -0.05) is 0 Å². The van der Waals surface area contributed by atoms with Gasteiger partial charge in [0.15, 0.2) is 28.3 Å². The molecule has 19 heavy (non-hydrogen) atoms. The van der Waals surface area contributed by atoms with E-state index in [2.05, 4.69) is 15.0 Å². The molecule has 0 radical (unpaired) electrons. The minimum Gasteiger partial charge on any atom is -0.464 e. The van der Waals surface area contributed by atoms with E-state index in [1.165, 1.54) is 12.5 Å². The van der Waals surface area contributed by atoms with Crippen LogP contribution in [-0.4, -0.2) is 18.1 Å². The fourth-order valence-corrected chi connectivity index (χ4v) is 1.96. The second-order valence-electron chi connectivity index (χ2n) is 3.38. The van der Waals surface area contributed by atoms with Gasteiger partial charge in [-0.05, 0) is 12.1 Å². The van der Waals surface area contributed by atoms with Crippen LogP contribution in [0, 0.1) is 17.5 Å². The molecule has 0 spiro atoms. The predicted molar refractivity (Wildman–Crippen MR) is 63.1 cm³/mol. The van der Waals surface area contributed by atoms with Crippen molar-refractivity contribution in [3.63, 3.8) is 0 Å². The van der Waals surface area contributed by atoms with Crippen LogP contribution in [0.25, 0.3) is 0 Å². The topological polar surface area (TPSA) is 51.2 Å². The minimum absolute atomic E-state index is 0.0398. The standard InChI is InChI=1S/C11H7F3N2O2S/c1-18-10(17)7-4-19-11(16-7)15-6-3-2-5(12)8(13)9(6)14/h2-4H,1H3,(H,15,16). The average Bonchev–Trinajstić information content (AvgIpc) is 2.87. The van der Waals surface area contributed by atoms with Gasteiger partial charge in [0.05, 0.1) is 12.8 Å². The summed E-state index contributed by atoms with van der Waals surface area (Å²) in [5, 5.41) is 4.01. The van der Waals surface area contributed by atoms with Crippen molar-refractivity contribution in [1.29, 1.82) is 0 Å². The van der Waals surface area contributed by atoms with Crippen molar-refractivity contribution in [3.05, 3.63) is 40.7 Å². The Labute approximate surface area is 109 Å². The maximum Gasteiger partial charge on any atom is 0.357 e. The fraction of sp³-hybridized carbons (Fsp3) is 0.0909. The molecule has 0 aliphatic carbocycles. The molecule has 0 bridgehead atoms. The van der Waals surface area contributed by atoms with Crippen molar-refractivity contribution in [1.82, 2.24) is 4.98 Å². The largest absolute Gasteiger partial charge is 0.464 e. The van der Waals surface area contributed by atoms with Crippen molar-refractivity contribution >= 4 is 28.1 Å². The summed E-state index contributed by atoms with van der Waals surface area (Å²) in [7, 11) is 1.20. The highest BCUT2D eigenvalue weighted by atomic mass is 32.1. The van der Waals surface area contributed by atoms with E-state index in [4.69, 9.17) is 0 Å². The van der Waals surface area contributed by atoms with Crippen LogP contribution in [0.3, 0.4) is 0 Å². The molecule has 1 aromatic carbocycles. The molecule has 8 heteroatoms. The fourth-order valence-electron chi connectivity index (χ4n) is 1.27. The van der Waals surface area contributed by atoms with Gasteiger partial charge in [0.1, 0.15) is 0 Å². The predicted octanol–water partition coefficient (Wildman–Crippen LogP) is 3.09. The lowest BCUT2D eigenvalue weighted by Crippen LogP contribution is -2.02. The first-order valence-corrected chi connectivity index (χ1v) is 5.85. The lowest BCUT2D eigenvalue weighted by Gasteiger charge is -2.04. The molecule has 2 rings (SSSR count). The number of halogens is 3. The molecule has 0 saturated carbocycles. The Morgan fingerprint density at radius 3 is 2.74 bits per heavy atom. The first-order valence-electron chi connectivity index (χ1n) is 4.97. The molecule has 0 saturated heterocycles. The van der Waals surface area contributed by atoms with Gasteiger partial charge in [-0.25, -0.2) is 22.9 Å². The van der Waals surface area contributed by atoms with E-state index < -0.39 is 23.4 Å². The molecule has 4 nitrogen and oxygen atoms in total. The maximum absolute atomic E-state index is 13.4. The Hall–Kier alpha value is -2.09. The molecular formula is C11H7F3N2O2S. The van der Waals surface area contributed by atoms with E-state index in [1.807, 2.05) is 0 Å². The Balaban J connectivity index is 2.24. The zero-order valence-corrected chi connectivity index (χ0v) is 10.4. The highest BCUT2D eigenvalue weighted by Gasteiger charge is 2.15. The zero-order valence-electron chi connectivity index (χ0n) is 9.54. The van der Waals surface area contributed by atoms with Gasteiger partial charge in [0, 0.05) is 5.38 Å². The van der Waals surface area contributed by atoms with Gasteiger partial charge in [-0.15, -0.1) is 11.3 Å². The molecule has 0 aliphatic heterocycles. The Morgan fingerprint density at radius 2 is 2.05 bits per heavy atom. The number of nitrogens with zero attached hydrogens (tertiary/aromatic N) is 1. The van der Waals surface area contributed by atoms with E-state index in [9.17, 15) is 18.0 Å². The molecule has 100 valence electrons. The third-order valence-electron chi connectivity index (χ3n) is 2.18. The monoisotopic (exact) mass is 288 g/mol. The van der Waals surface area contributed by atoms with Crippen molar-refractivity contribution in [3.8, 4) is 0 Å². The number of anilines is 2. The van der Waals surface area contributed by atoms with Gasteiger partial charge < -0.3 is 10.1 Å². The van der Waals surface area contributed by atoms with Crippen molar-refractivity contribution in [2.45, 2.75) is 0 Å². The number of methoxy groups -OCH3 is 1. The third-order valence-corrected chi connectivity index (χ3v) is 2.93. The summed E-state index contributed by atoms with van der Waals surface area (Å²) in [6.07, 6.45) is 0. The smallest absolute Gasteiger partial charge is 0.357 e. The van der Waals surface area contributed by atoms with E-state index >= 15 is 0 Å². The number of esters is 1. The van der Waals surface area contributed by atoms with E-state index in [1.54, 1.807) is 0 Å². The third kappa shape index (κ3) is 2.68. The molecule has 1 heterocycles. The zero-order chi connectivity index (χ0) is 14.0. The number of ether oxygens (including phenoxy) is 1. The van der Waals surface area contributed by atoms with Crippen molar-refractivity contribution in [2.75, 3.05) is 12.4 Å². The van der Waals surface area contributed by atoms with Crippen LogP contribution in [0.2, 0.25) is 0 Å². The summed E-state index contributed by atoms with van der Waals surface area (Å²) in [6, 6.07) is 1.82. The minimum atomic E-state index is -1.57. The molecule has 2 aromatic rings.